The maximum Gasteiger partial charge on any atom is 0.219 e. The third kappa shape index (κ3) is 1.61. The predicted octanol–water partition coefficient (Wildman–Crippen LogP) is 3.58. The van der Waals surface area contributed by atoms with Gasteiger partial charge in [-0.15, -0.1) is 0 Å². The zero-order chi connectivity index (χ0) is 16.4. The third-order valence-electron chi connectivity index (χ3n) is 5.43. The van der Waals surface area contributed by atoms with E-state index < -0.39 is 0 Å². The van der Waals surface area contributed by atoms with Gasteiger partial charge in [-0.2, -0.15) is 4.57 Å². The molecule has 4 aromatic rings. The van der Waals surface area contributed by atoms with E-state index in [-0.39, 0.29) is 0 Å². The molecule has 0 radical (unpaired) electrons. The summed E-state index contributed by atoms with van der Waals surface area (Å²) in [5, 5.41) is 2.73. The summed E-state index contributed by atoms with van der Waals surface area (Å²) in [6.07, 6.45) is 0. The minimum absolute atomic E-state index is 1.29. The van der Waals surface area contributed by atoms with Crippen LogP contribution in [0.4, 0.5) is 11.4 Å². The largest absolute Gasteiger partial charge is 0.271 e. The summed E-state index contributed by atoms with van der Waals surface area (Å²) in [4.78, 5) is 1.38. The van der Waals surface area contributed by atoms with Gasteiger partial charge in [0.1, 0.15) is 23.5 Å². The molecule has 1 atom stereocenters. The van der Waals surface area contributed by atoms with Crippen LogP contribution in [0.1, 0.15) is 5.56 Å². The van der Waals surface area contributed by atoms with E-state index in [1.54, 1.807) is 0 Å². The Hall–Kier alpha value is -2.71. The molecule has 1 aliphatic rings. The number of pyridine rings is 1. The Kier molecular flexibility index (Phi) is 2.66. The molecule has 0 saturated heterocycles. The van der Waals surface area contributed by atoms with Crippen LogP contribution in [0.15, 0.2) is 60.7 Å². The summed E-state index contributed by atoms with van der Waals surface area (Å²) in [5.74, 6) is 0. The Bertz CT molecular complexity index is 1140. The van der Waals surface area contributed by atoms with Gasteiger partial charge in [-0.05, 0) is 24.6 Å². The molecular weight excluding hydrogens is 292 g/mol. The number of aromatic nitrogens is 1. The summed E-state index contributed by atoms with van der Waals surface area (Å²) in [6.45, 7) is 2.17. The molecule has 0 aliphatic carbocycles. The molecule has 0 bridgehead atoms. The van der Waals surface area contributed by atoms with E-state index in [1.807, 2.05) is 0 Å². The van der Waals surface area contributed by atoms with Crippen LogP contribution in [-0.4, -0.2) is 7.05 Å². The van der Waals surface area contributed by atoms with Crippen molar-refractivity contribution in [2.75, 3.05) is 7.05 Å². The molecule has 1 unspecified atom stereocenters. The van der Waals surface area contributed by atoms with Crippen molar-refractivity contribution in [2.45, 2.75) is 6.92 Å². The zero-order valence-corrected chi connectivity index (χ0v) is 14.2. The maximum atomic E-state index is 2.33. The molecule has 0 spiro atoms. The lowest BCUT2D eigenvalue weighted by Gasteiger charge is -2.25. The molecule has 1 aromatic heterocycles. The number of fused-ring (bicyclic) bond motifs is 4. The number of nitrogens with zero attached hydrogens (tertiary/aromatic N) is 1. The normalized spacial score (nSPS) is 15.7. The highest BCUT2D eigenvalue weighted by Gasteiger charge is 2.32. The fraction of sp³-hybridized carbons (Fsp3) is 0.136. The van der Waals surface area contributed by atoms with Crippen molar-refractivity contribution in [3.63, 3.8) is 0 Å². The predicted molar refractivity (Wildman–Crippen MR) is 99.0 cm³/mol. The number of aryl methyl sites for hydroxylation is 2. The molecule has 24 heavy (non-hydrogen) atoms. The number of benzene rings is 3. The fourth-order valence-corrected chi connectivity index (χ4v) is 4.28. The van der Waals surface area contributed by atoms with Crippen molar-refractivity contribution < 1.29 is 9.47 Å². The van der Waals surface area contributed by atoms with Gasteiger partial charge in [0, 0.05) is 29.3 Å². The lowest BCUT2D eigenvalue weighted by Crippen LogP contribution is -2.99. The second-order valence-electron chi connectivity index (χ2n) is 6.82. The first-order valence-corrected chi connectivity index (χ1v) is 8.45. The lowest BCUT2D eigenvalue weighted by atomic mass is 9.91. The maximum absolute atomic E-state index is 2.33. The molecule has 2 heterocycles. The van der Waals surface area contributed by atoms with Crippen LogP contribution in [0.3, 0.4) is 0 Å². The Morgan fingerprint density at radius 1 is 0.833 bits per heavy atom. The highest BCUT2D eigenvalue weighted by Crippen LogP contribution is 2.41. The SMILES string of the molecule is Cc1ccc2c(c1)c1c3c(cccc3[n+]2C)-c2ccccc2[NH+]1C. The monoisotopic (exact) mass is 312 g/mol. The second kappa shape index (κ2) is 4.65. The van der Waals surface area contributed by atoms with Crippen molar-refractivity contribution in [3.05, 3.63) is 66.2 Å². The second-order valence-corrected chi connectivity index (χ2v) is 6.82. The smallest absolute Gasteiger partial charge is 0.219 e. The van der Waals surface area contributed by atoms with Gasteiger partial charge in [-0.25, -0.2) is 0 Å². The zero-order valence-electron chi connectivity index (χ0n) is 14.2. The first-order valence-electron chi connectivity index (χ1n) is 8.45. The van der Waals surface area contributed by atoms with E-state index >= 15 is 0 Å². The van der Waals surface area contributed by atoms with Crippen LogP contribution >= 0.6 is 0 Å². The average molecular weight is 312 g/mol. The molecule has 116 valence electrons. The summed E-state index contributed by atoms with van der Waals surface area (Å²) >= 11 is 0. The van der Waals surface area contributed by atoms with E-state index in [0.29, 0.717) is 0 Å². The molecular formula is C22H20N2+2. The van der Waals surface area contributed by atoms with Crippen LogP contribution in [0.25, 0.3) is 32.9 Å². The quantitative estimate of drug-likeness (QED) is 0.375. The molecule has 0 fully saturated rings. The summed E-state index contributed by atoms with van der Waals surface area (Å²) in [6, 6.07) is 22.2. The fourth-order valence-electron chi connectivity index (χ4n) is 4.28. The van der Waals surface area contributed by atoms with Crippen LogP contribution in [0.5, 0.6) is 0 Å². The highest BCUT2D eigenvalue weighted by molar-refractivity contribution is 6.10. The number of para-hydroxylation sites is 1. The number of hydrogen-bond donors (Lipinski definition) is 1. The van der Waals surface area contributed by atoms with Crippen molar-refractivity contribution in [2.24, 2.45) is 7.05 Å². The molecule has 0 amide bonds. The molecule has 3 aromatic carbocycles. The molecule has 1 aliphatic heterocycles. The standard InChI is InChI=1S/C22H19N2/c1-14-11-12-19-17(13-14)22-21-16(8-6-10-20(21)23(19)2)15-7-4-5-9-18(15)24(22)3/h4-13H,1-3H3/q+1/p+1. The topological polar surface area (TPSA) is 8.32 Å². The van der Waals surface area contributed by atoms with Gasteiger partial charge in [0.25, 0.3) is 0 Å². The molecule has 5 rings (SSSR count). The van der Waals surface area contributed by atoms with Crippen molar-refractivity contribution >= 4 is 33.2 Å². The number of rotatable bonds is 0. The molecule has 2 nitrogen and oxygen atoms in total. The number of hydrogen-bond acceptors (Lipinski definition) is 0. The Balaban J connectivity index is 2.10. The van der Waals surface area contributed by atoms with Gasteiger partial charge < -0.3 is 0 Å². The minimum atomic E-state index is 1.29. The number of quaternary nitrogens is 1. The molecule has 0 saturated carbocycles. The first kappa shape index (κ1) is 13.7. The minimum Gasteiger partial charge on any atom is -0.271 e. The van der Waals surface area contributed by atoms with Gasteiger partial charge >= 0.3 is 0 Å². The lowest BCUT2D eigenvalue weighted by molar-refractivity contribution is -0.733. The summed E-state index contributed by atoms with van der Waals surface area (Å²) < 4.78 is 2.33. The van der Waals surface area contributed by atoms with Crippen LogP contribution in [0, 0.1) is 6.92 Å². The highest BCUT2D eigenvalue weighted by atomic mass is 15.1. The van der Waals surface area contributed by atoms with E-state index in [9.17, 15) is 0 Å². The van der Waals surface area contributed by atoms with Gasteiger partial charge in [0.2, 0.25) is 11.0 Å². The van der Waals surface area contributed by atoms with Crippen molar-refractivity contribution in [3.8, 4) is 11.1 Å². The Labute approximate surface area is 141 Å². The van der Waals surface area contributed by atoms with Gasteiger partial charge in [-0.3, -0.25) is 4.90 Å². The molecule has 2 heteroatoms. The van der Waals surface area contributed by atoms with Crippen LogP contribution in [0.2, 0.25) is 0 Å². The summed E-state index contributed by atoms with van der Waals surface area (Å²) in [7, 11) is 4.45. The van der Waals surface area contributed by atoms with Crippen LogP contribution in [-0.2, 0) is 7.05 Å². The van der Waals surface area contributed by atoms with Gasteiger partial charge in [-0.1, -0.05) is 30.3 Å². The Morgan fingerprint density at radius 2 is 1.62 bits per heavy atom. The van der Waals surface area contributed by atoms with Gasteiger partial charge in [0.05, 0.1) is 7.05 Å². The first-order chi connectivity index (χ1) is 11.7. The van der Waals surface area contributed by atoms with Crippen molar-refractivity contribution in [1.82, 2.24) is 0 Å². The molecule has 1 N–H and O–H groups in total. The van der Waals surface area contributed by atoms with E-state index in [4.69, 9.17) is 0 Å². The van der Waals surface area contributed by atoms with E-state index in [0.717, 1.165) is 0 Å². The van der Waals surface area contributed by atoms with E-state index in [2.05, 4.69) is 86.2 Å². The summed E-state index contributed by atoms with van der Waals surface area (Å²) in [5.41, 5.74) is 9.35. The van der Waals surface area contributed by atoms with Crippen molar-refractivity contribution in [1.29, 1.82) is 0 Å². The van der Waals surface area contributed by atoms with E-state index in [1.165, 1.54) is 54.8 Å². The average Bonchev–Trinajstić information content (AvgIpc) is 2.61. The van der Waals surface area contributed by atoms with Gasteiger partial charge in [0.15, 0.2) is 5.69 Å². The third-order valence-corrected chi connectivity index (χ3v) is 5.43. The number of nitrogens with one attached hydrogen (secondary N) is 1. The Morgan fingerprint density at radius 3 is 2.50 bits per heavy atom. The van der Waals surface area contributed by atoms with Crippen LogP contribution < -0.4 is 9.47 Å².